The van der Waals surface area contributed by atoms with Gasteiger partial charge in [-0.05, 0) is 18.2 Å². The first-order valence-corrected chi connectivity index (χ1v) is 7.61. The molecule has 0 amide bonds. The van der Waals surface area contributed by atoms with Gasteiger partial charge in [0.25, 0.3) is 5.69 Å². The van der Waals surface area contributed by atoms with Gasteiger partial charge in [0.1, 0.15) is 0 Å². The fourth-order valence-electron chi connectivity index (χ4n) is 1.92. The number of rotatable bonds is 4. The Kier molecular flexibility index (Phi) is 5.70. The van der Waals surface area contributed by atoms with Crippen molar-refractivity contribution in [1.29, 1.82) is 0 Å². The predicted octanol–water partition coefficient (Wildman–Crippen LogP) is 5.69. The molecule has 0 aliphatic carbocycles. The van der Waals surface area contributed by atoms with Crippen LogP contribution in [-0.4, -0.2) is 9.91 Å². The number of halogens is 2. The van der Waals surface area contributed by atoms with E-state index in [0.717, 1.165) is 5.69 Å². The van der Waals surface area contributed by atoms with Gasteiger partial charge in [-0.2, -0.15) is 0 Å². The highest BCUT2D eigenvalue weighted by molar-refractivity contribution is 8.93. The van der Waals surface area contributed by atoms with Crippen LogP contribution in [0.2, 0.25) is 5.02 Å². The van der Waals surface area contributed by atoms with Gasteiger partial charge in [0.2, 0.25) is 0 Å². The van der Waals surface area contributed by atoms with E-state index in [1.807, 2.05) is 35.7 Å². The van der Waals surface area contributed by atoms with Gasteiger partial charge in [-0.15, -0.1) is 28.3 Å². The van der Waals surface area contributed by atoms with E-state index in [-0.39, 0.29) is 22.7 Å². The molecule has 0 radical (unpaired) electrons. The third-order valence-electron chi connectivity index (χ3n) is 2.97. The van der Waals surface area contributed by atoms with E-state index in [4.69, 9.17) is 11.6 Å². The summed E-state index contributed by atoms with van der Waals surface area (Å²) in [5.74, 6) is 0. The van der Waals surface area contributed by atoms with Gasteiger partial charge in [0.05, 0.1) is 15.6 Å². The maximum atomic E-state index is 10.9. The molecule has 0 fully saturated rings. The van der Waals surface area contributed by atoms with Crippen LogP contribution in [0.1, 0.15) is 0 Å². The van der Waals surface area contributed by atoms with Gasteiger partial charge in [0.15, 0.2) is 5.13 Å². The maximum absolute atomic E-state index is 10.9. The topological polar surface area (TPSA) is 68.1 Å². The number of aromatic nitrogens is 1. The van der Waals surface area contributed by atoms with Gasteiger partial charge in [-0.3, -0.25) is 10.1 Å². The summed E-state index contributed by atoms with van der Waals surface area (Å²) in [6, 6.07) is 14.0. The number of non-ortho nitro benzene ring substituents is 1. The van der Waals surface area contributed by atoms with Crippen LogP contribution in [0.5, 0.6) is 0 Å². The van der Waals surface area contributed by atoms with Crippen molar-refractivity contribution in [2.45, 2.75) is 0 Å². The average molecular weight is 413 g/mol. The number of nitro groups is 1. The lowest BCUT2D eigenvalue weighted by molar-refractivity contribution is -0.384. The number of nitro benzene ring substituents is 1. The zero-order valence-electron chi connectivity index (χ0n) is 11.6. The van der Waals surface area contributed by atoms with E-state index in [0.29, 0.717) is 21.4 Å². The summed E-state index contributed by atoms with van der Waals surface area (Å²) in [6.07, 6.45) is 0. The molecule has 1 heterocycles. The Bertz CT molecular complexity index is 827. The van der Waals surface area contributed by atoms with Crippen molar-refractivity contribution in [3.8, 4) is 11.3 Å². The molecule has 3 rings (SSSR count). The molecule has 1 aromatic heterocycles. The highest BCUT2D eigenvalue weighted by atomic mass is 79.9. The van der Waals surface area contributed by atoms with E-state index in [1.54, 1.807) is 0 Å². The lowest BCUT2D eigenvalue weighted by Crippen LogP contribution is -1.91. The molecule has 0 aliphatic heterocycles. The lowest BCUT2D eigenvalue weighted by Gasteiger charge is -2.02. The normalized spacial score (nSPS) is 9.96. The first-order chi connectivity index (χ1) is 10.6. The third kappa shape index (κ3) is 4.07. The van der Waals surface area contributed by atoms with Crippen LogP contribution in [0, 0.1) is 10.1 Å². The molecule has 0 aliphatic rings. The van der Waals surface area contributed by atoms with Gasteiger partial charge >= 0.3 is 0 Å². The second-order valence-corrected chi connectivity index (χ2v) is 5.72. The average Bonchev–Trinajstić information content (AvgIpc) is 2.97. The summed E-state index contributed by atoms with van der Waals surface area (Å²) in [5.41, 5.74) is 2.07. The number of hydrogen-bond donors (Lipinski definition) is 1. The molecular formula is C15H11BrClN3O2S. The molecule has 1 N–H and O–H groups in total. The van der Waals surface area contributed by atoms with Gasteiger partial charge in [-0.25, -0.2) is 4.98 Å². The van der Waals surface area contributed by atoms with E-state index in [1.165, 1.54) is 29.5 Å². The van der Waals surface area contributed by atoms with E-state index >= 15 is 0 Å². The van der Waals surface area contributed by atoms with Crippen LogP contribution in [0.3, 0.4) is 0 Å². The molecule has 23 heavy (non-hydrogen) atoms. The first-order valence-electron chi connectivity index (χ1n) is 6.35. The molecule has 3 aromatic rings. The molecule has 2 aromatic carbocycles. The Morgan fingerprint density at radius 1 is 1.17 bits per heavy atom. The molecule has 0 spiro atoms. The first kappa shape index (κ1) is 17.4. The Hall–Kier alpha value is -1.96. The number of hydrogen-bond acceptors (Lipinski definition) is 5. The van der Waals surface area contributed by atoms with Crippen molar-refractivity contribution >= 4 is 56.4 Å². The zero-order chi connectivity index (χ0) is 15.5. The second-order valence-electron chi connectivity index (χ2n) is 4.45. The molecular weight excluding hydrogens is 402 g/mol. The van der Waals surface area contributed by atoms with Crippen LogP contribution < -0.4 is 5.32 Å². The lowest BCUT2D eigenvalue weighted by atomic mass is 10.1. The summed E-state index contributed by atoms with van der Waals surface area (Å²) in [6.45, 7) is 0. The standard InChI is InChI=1S/C15H10ClN3O2S.BrH/c16-13-7-6-11(19(20)21)8-12(13)14-9-22-15(18-14)17-10-4-2-1-3-5-10;/h1-9H,(H,17,18);1H. The molecule has 118 valence electrons. The van der Waals surface area contributed by atoms with Crippen molar-refractivity contribution in [2.75, 3.05) is 5.32 Å². The van der Waals surface area contributed by atoms with E-state index < -0.39 is 4.92 Å². The van der Waals surface area contributed by atoms with Crippen LogP contribution in [0.25, 0.3) is 11.3 Å². The quantitative estimate of drug-likeness (QED) is 0.441. The second kappa shape index (κ2) is 7.54. The Morgan fingerprint density at radius 2 is 1.91 bits per heavy atom. The summed E-state index contributed by atoms with van der Waals surface area (Å²) < 4.78 is 0. The molecule has 0 unspecified atom stereocenters. The van der Waals surface area contributed by atoms with Gasteiger partial charge in [0, 0.05) is 28.8 Å². The Morgan fingerprint density at radius 3 is 2.61 bits per heavy atom. The van der Waals surface area contributed by atoms with Gasteiger partial charge < -0.3 is 5.32 Å². The van der Waals surface area contributed by atoms with Crippen LogP contribution in [-0.2, 0) is 0 Å². The smallest absolute Gasteiger partial charge is 0.270 e. The van der Waals surface area contributed by atoms with Crippen LogP contribution in [0.4, 0.5) is 16.5 Å². The minimum absolute atomic E-state index is 0. The van der Waals surface area contributed by atoms with Crippen LogP contribution >= 0.6 is 39.9 Å². The van der Waals surface area contributed by atoms with Crippen molar-refractivity contribution < 1.29 is 4.92 Å². The molecule has 0 saturated heterocycles. The Labute approximate surface area is 151 Å². The number of anilines is 2. The van der Waals surface area contributed by atoms with Crippen molar-refractivity contribution in [1.82, 2.24) is 4.98 Å². The molecule has 5 nitrogen and oxygen atoms in total. The SMILES string of the molecule is Br.O=[N+]([O-])c1ccc(Cl)c(-c2csc(Nc3ccccc3)n2)c1. The fourth-order valence-corrected chi connectivity index (χ4v) is 2.87. The Balaban J connectivity index is 0.00000192. The van der Waals surface area contributed by atoms with Crippen molar-refractivity contribution in [3.63, 3.8) is 0 Å². The van der Waals surface area contributed by atoms with E-state index in [2.05, 4.69) is 10.3 Å². The minimum atomic E-state index is -0.449. The number of para-hydroxylation sites is 1. The van der Waals surface area contributed by atoms with Gasteiger partial charge in [-0.1, -0.05) is 29.8 Å². The number of nitrogens with zero attached hydrogens (tertiary/aromatic N) is 2. The summed E-state index contributed by atoms with van der Waals surface area (Å²) in [7, 11) is 0. The summed E-state index contributed by atoms with van der Waals surface area (Å²) in [4.78, 5) is 14.9. The number of thiazole rings is 1. The monoisotopic (exact) mass is 411 g/mol. The summed E-state index contributed by atoms with van der Waals surface area (Å²) in [5, 5.41) is 17.0. The van der Waals surface area contributed by atoms with Crippen molar-refractivity contribution in [2.24, 2.45) is 0 Å². The predicted molar refractivity (Wildman–Crippen MR) is 99.3 cm³/mol. The number of nitrogens with one attached hydrogen (secondary N) is 1. The van der Waals surface area contributed by atoms with E-state index in [9.17, 15) is 10.1 Å². The van der Waals surface area contributed by atoms with Crippen LogP contribution in [0.15, 0.2) is 53.9 Å². The molecule has 0 bridgehead atoms. The fraction of sp³-hybridized carbons (Fsp3) is 0. The number of benzene rings is 2. The zero-order valence-corrected chi connectivity index (χ0v) is 14.9. The highest BCUT2D eigenvalue weighted by Crippen LogP contribution is 2.33. The van der Waals surface area contributed by atoms with Crippen molar-refractivity contribution in [3.05, 3.63) is 69.0 Å². The largest absolute Gasteiger partial charge is 0.332 e. The minimum Gasteiger partial charge on any atom is -0.332 e. The maximum Gasteiger partial charge on any atom is 0.270 e. The highest BCUT2D eigenvalue weighted by Gasteiger charge is 2.14. The summed E-state index contributed by atoms with van der Waals surface area (Å²) >= 11 is 7.54. The third-order valence-corrected chi connectivity index (χ3v) is 4.05. The molecule has 0 atom stereocenters. The molecule has 0 saturated carbocycles. The molecule has 8 heteroatoms.